The summed E-state index contributed by atoms with van der Waals surface area (Å²) < 4.78 is 31.8. The number of ether oxygens (including phenoxy) is 1. The van der Waals surface area contributed by atoms with Gasteiger partial charge in [-0.25, -0.2) is 13.1 Å². The summed E-state index contributed by atoms with van der Waals surface area (Å²) in [5, 5.41) is 0. The van der Waals surface area contributed by atoms with E-state index in [4.69, 9.17) is 16.2 Å². The van der Waals surface area contributed by atoms with Gasteiger partial charge in [0.1, 0.15) is 4.90 Å². The van der Waals surface area contributed by atoms with Gasteiger partial charge in [0, 0.05) is 18.7 Å². The molecule has 0 saturated carbocycles. The first-order valence-electron chi connectivity index (χ1n) is 6.08. The monoisotopic (exact) mass is 301 g/mol. The summed E-state index contributed by atoms with van der Waals surface area (Å²) in [6.07, 6.45) is -0.249. The molecule has 0 aliphatic heterocycles. The van der Waals surface area contributed by atoms with E-state index in [2.05, 4.69) is 4.72 Å². The predicted octanol–water partition coefficient (Wildman–Crippen LogP) is 0.0710. The number of anilines is 1. The first-order valence-corrected chi connectivity index (χ1v) is 7.56. The average molecular weight is 301 g/mol. The SMILES string of the molecule is CCOC(C)CNS(=O)(=O)c1ccc(C(N)=O)cc1N. The molecule has 0 bridgehead atoms. The summed E-state index contributed by atoms with van der Waals surface area (Å²) >= 11 is 0. The van der Waals surface area contributed by atoms with Crippen molar-refractivity contribution in [2.75, 3.05) is 18.9 Å². The summed E-state index contributed by atoms with van der Waals surface area (Å²) in [6, 6.07) is 3.81. The van der Waals surface area contributed by atoms with E-state index in [1.165, 1.54) is 18.2 Å². The smallest absolute Gasteiger partial charge is 0.248 e. The first kappa shape index (κ1) is 16.4. The van der Waals surface area contributed by atoms with Gasteiger partial charge < -0.3 is 16.2 Å². The fraction of sp³-hybridized carbons (Fsp3) is 0.417. The third-order valence-corrected chi connectivity index (χ3v) is 4.09. The Labute approximate surface area is 118 Å². The number of hydrogen-bond acceptors (Lipinski definition) is 5. The number of nitrogens with two attached hydrogens (primary N) is 2. The van der Waals surface area contributed by atoms with Crippen LogP contribution in [0, 0.1) is 0 Å². The van der Waals surface area contributed by atoms with E-state index in [9.17, 15) is 13.2 Å². The Morgan fingerprint density at radius 1 is 1.45 bits per heavy atom. The Kier molecular flexibility index (Phi) is 5.49. The lowest BCUT2D eigenvalue weighted by atomic mass is 10.2. The van der Waals surface area contributed by atoms with Crippen LogP contribution in [-0.4, -0.2) is 33.6 Å². The quantitative estimate of drug-likeness (QED) is 0.615. The number of benzene rings is 1. The molecule has 1 aromatic rings. The molecule has 20 heavy (non-hydrogen) atoms. The number of carbonyl (C=O) groups excluding carboxylic acids is 1. The van der Waals surface area contributed by atoms with Crippen LogP contribution in [0.25, 0.3) is 0 Å². The Balaban J connectivity index is 2.90. The summed E-state index contributed by atoms with van der Waals surface area (Å²) in [6.45, 7) is 4.21. The second-order valence-electron chi connectivity index (χ2n) is 4.23. The predicted molar refractivity (Wildman–Crippen MR) is 75.6 cm³/mol. The molecule has 0 aliphatic rings. The molecular formula is C12H19N3O4S. The summed E-state index contributed by atoms with van der Waals surface area (Å²) in [4.78, 5) is 10.9. The van der Waals surface area contributed by atoms with E-state index in [1.54, 1.807) is 6.92 Å². The van der Waals surface area contributed by atoms with Gasteiger partial charge in [0.2, 0.25) is 15.9 Å². The van der Waals surface area contributed by atoms with Crippen LogP contribution in [0.1, 0.15) is 24.2 Å². The molecule has 1 unspecified atom stereocenters. The third kappa shape index (κ3) is 4.19. The van der Waals surface area contributed by atoms with Crippen LogP contribution in [0.5, 0.6) is 0 Å². The molecule has 0 aliphatic carbocycles. The molecule has 0 saturated heterocycles. The summed E-state index contributed by atoms with van der Waals surface area (Å²) in [5.41, 5.74) is 10.9. The van der Waals surface area contributed by atoms with Crippen molar-refractivity contribution in [1.82, 2.24) is 4.72 Å². The number of nitrogens with one attached hydrogen (secondary N) is 1. The van der Waals surface area contributed by atoms with E-state index >= 15 is 0 Å². The molecule has 0 radical (unpaired) electrons. The van der Waals surface area contributed by atoms with Gasteiger partial charge in [0.25, 0.3) is 0 Å². The second-order valence-corrected chi connectivity index (χ2v) is 5.97. The van der Waals surface area contributed by atoms with Crippen LogP contribution in [0.4, 0.5) is 5.69 Å². The fourth-order valence-electron chi connectivity index (χ4n) is 1.59. The standard InChI is InChI=1S/C12H19N3O4S/c1-3-19-8(2)7-15-20(17,18)11-5-4-9(12(14)16)6-10(11)13/h4-6,8,15H,3,7,13H2,1-2H3,(H2,14,16). The highest BCUT2D eigenvalue weighted by Gasteiger charge is 2.19. The number of sulfonamides is 1. The maximum Gasteiger partial charge on any atom is 0.248 e. The summed E-state index contributed by atoms with van der Waals surface area (Å²) in [5.74, 6) is -0.668. The van der Waals surface area contributed by atoms with Crippen LogP contribution < -0.4 is 16.2 Å². The Morgan fingerprint density at radius 2 is 2.10 bits per heavy atom. The number of rotatable bonds is 7. The van der Waals surface area contributed by atoms with Crippen molar-refractivity contribution in [2.45, 2.75) is 24.8 Å². The topological polar surface area (TPSA) is 125 Å². The van der Waals surface area contributed by atoms with E-state index < -0.39 is 15.9 Å². The van der Waals surface area contributed by atoms with Gasteiger partial charge in [-0.1, -0.05) is 0 Å². The molecule has 1 rings (SSSR count). The molecule has 1 atom stereocenters. The minimum Gasteiger partial charge on any atom is -0.398 e. The van der Waals surface area contributed by atoms with Gasteiger partial charge in [0.05, 0.1) is 11.8 Å². The van der Waals surface area contributed by atoms with Gasteiger partial charge >= 0.3 is 0 Å². The lowest BCUT2D eigenvalue weighted by molar-refractivity contribution is 0.0799. The lowest BCUT2D eigenvalue weighted by Gasteiger charge is -2.14. The number of carbonyl (C=O) groups is 1. The first-order chi connectivity index (χ1) is 9.27. The van der Waals surface area contributed by atoms with Crippen LogP contribution in [0.15, 0.2) is 23.1 Å². The van der Waals surface area contributed by atoms with Crippen LogP contribution in [-0.2, 0) is 14.8 Å². The van der Waals surface area contributed by atoms with E-state index in [0.29, 0.717) is 6.61 Å². The fourth-order valence-corrected chi connectivity index (χ4v) is 2.82. The van der Waals surface area contributed by atoms with E-state index in [-0.39, 0.29) is 28.8 Å². The molecule has 0 heterocycles. The lowest BCUT2D eigenvalue weighted by Crippen LogP contribution is -2.32. The van der Waals surface area contributed by atoms with Gasteiger partial charge in [0.15, 0.2) is 0 Å². The van der Waals surface area contributed by atoms with E-state index in [0.717, 1.165) is 0 Å². The minimum atomic E-state index is -3.75. The maximum absolute atomic E-state index is 12.1. The zero-order valence-electron chi connectivity index (χ0n) is 11.4. The van der Waals surface area contributed by atoms with Crippen molar-refractivity contribution in [1.29, 1.82) is 0 Å². The second kappa shape index (κ2) is 6.69. The molecule has 1 aromatic carbocycles. The zero-order chi connectivity index (χ0) is 15.3. The van der Waals surface area contributed by atoms with Crippen molar-refractivity contribution in [3.05, 3.63) is 23.8 Å². The van der Waals surface area contributed by atoms with Crippen molar-refractivity contribution in [3.63, 3.8) is 0 Å². The molecule has 5 N–H and O–H groups in total. The van der Waals surface area contributed by atoms with Gasteiger partial charge in [-0.2, -0.15) is 0 Å². The minimum absolute atomic E-state index is 0.0298. The molecule has 8 heteroatoms. The molecule has 7 nitrogen and oxygen atoms in total. The highest BCUT2D eigenvalue weighted by atomic mass is 32.2. The largest absolute Gasteiger partial charge is 0.398 e. The molecule has 0 spiro atoms. The Bertz CT molecular complexity index is 586. The molecule has 0 fully saturated rings. The Morgan fingerprint density at radius 3 is 2.60 bits per heavy atom. The molecular weight excluding hydrogens is 282 g/mol. The van der Waals surface area contributed by atoms with Gasteiger partial charge in [-0.05, 0) is 32.0 Å². The summed E-state index contributed by atoms with van der Waals surface area (Å²) in [7, 11) is -3.75. The van der Waals surface area contributed by atoms with Gasteiger partial charge in [-0.15, -0.1) is 0 Å². The highest BCUT2D eigenvalue weighted by Crippen LogP contribution is 2.19. The number of hydrogen-bond donors (Lipinski definition) is 3. The van der Waals surface area contributed by atoms with Crippen LogP contribution >= 0.6 is 0 Å². The average Bonchev–Trinajstić information content (AvgIpc) is 2.36. The van der Waals surface area contributed by atoms with Crippen LogP contribution in [0.3, 0.4) is 0 Å². The van der Waals surface area contributed by atoms with Crippen molar-refractivity contribution in [3.8, 4) is 0 Å². The maximum atomic E-state index is 12.1. The van der Waals surface area contributed by atoms with Crippen LogP contribution in [0.2, 0.25) is 0 Å². The zero-order valence-corrected chi connectivity index (χ0v) is 12.2. The van der Waals surface area contributed by atoms with Crippen molar-refractivity contribution in [2.24, 2.45) is 5.73 Å². The molecule has 1 amide bonds. The number of amides is 1. The van der Waals surface area contributed by atoms with Crippen molar-refractivity contribution >= 4 is 21.6 Å². The molecule has 0 aromatic heterocycles. The molecule has 112 valence electrons. The van der Waals surface area contributed by atoms with Crippen molar-refractivity contribution < 1.29 is 17.9 Å². The van der Waals surface area contributed by atoms with E-state index in [1.807, 2.05) is 6.92 Å². The Hall–Kier alpha value is -1.64. The normalized spacial score (nSPS) is 13.1. The highest BCUT2D eigenvalue weighted by molar-refractivity contribution is 7.89. The van der Waals surface area contributed by atoms with Gasteiger partial charge in [-0.3, -0.25) is 4.79 Å². The third-order valence-electron chi connectivity index (χ3n) is 2.60. The number of primary amides is 1. The number of nitrogen functional groups attached to an aromatic ring is 1.